The highest BCUT2D eigenvalue weighted by Crippen LogP contribution is 1.91. The highest BCUT2D eigenvalue weighted by Gasteiger charge is 1.93. The van der Waals surface area contributed by atoms with Crippen molar-refractivity contribution >= 4 is 6.41 Å². The van der Waals surface area contributed by atoms with Gasteiger partial charge in [0, 0.05) is 6.54 Å². The monoisotopic (exact) mass is 119 g/mol. The van der Waals surface area contributed by atoms with Gasteiger partial charge < -0.3 is 5.32 Å². The van der Waals surface area contributed by atoms with E-state index in [1.165, 1.54) is 6.92 Å². The molecular formula is C5H10FNO. The van der Waals surface area contributed by atoms with E-state index in [1.54, 1.807) is 0 Å². The summed E-state index contributed by atoms with van der Waals surface area (Å²) in [5.74, 6) is 0. The molecule has 2 nitrogen and oxygen atoms in total. The molecule has 0 aromatic carbocycles. The lowest BCUT2D eigenvalue weighted by molar-refractivity contribution is -0.109. The van der Waals surface area contributed by atoms with Crippen LogP contribution in [0.4, 0.5) is 4.39 Å². The molecule has 0 aliphatic rings. The smallest absolute Gasteiger partial charge is 0.207 e. The van der Waals surface area contributed by atoms with E-state index in [1.807, 2.05) is 0 Å². The first-order chi connectivity index (χ1) is 3.77. The van der Waals surface area contributed by atoms with Crippen LogP contribution in [0.25, 0.3) is 0 Å². The Morgan fingerprint density at radius 3 is 2.88 bits per heavy atom. The van der Waals surface area contributed by atoms with Crippen molar-refractivity contribution in [1.29, 1.82) is 0 Å². The average Bonchev–Trinajstić information content (AvgIpc) is 1.66. The van der Waals surface area contributed by atoms with Gasteiger partial charge in [-0.1, -0.05) is 0 Å². The maximum Gasteiger partial charge on any atom is 0.207 e. The van der Waals surface area contributed by atoms with Crippen LogP contribution in [0.5, 0.6) is 0 Å². The van der Waals surface area contributed by atoms with Gasteiger partial charge in [-0.25, -0.2) is 4.39 Å². The van der Waals surface area contributed by atoms with Gasteiger partial charge >= 0.3 is 0 Å². The molecule has 0 aromatic rings. The van der Waals surface area contributed by atoms with Crippen molar-refractivity contribution in [2.75, 3.05) is 6.54 Å². The highest BCUT2D eigenvalue weighted by atomic mass is 19.1. The number of hydrogen-bond acceptors (Lipinski definition) is 1. The number of rotatable bonds is 4. The average molecular weight is 119 g/mol. The lowest BCUT2D eigenvalue weighted by Crippen LogP contribution is -2.14. The molecule has 8 heavy (non-hydrogen) atoms. The maximum absolute atomic E-state index is 11.9. The van der Waals surface area contributed by atoms with Crippen molar-refractivity contribution in [2.45, 2.75) is 19.5 Å². The molecule has 0 saturated heterocycles. The molecule has 0 heterocycles. The summed E-state index contributed by atoms with van der Waals surface area (Å²) in [6, 6.07) is 0. The molecular weight excluding hydrogens is 109 g/mol. The van der Waals surface area contributed by atoms with Crippen LogP contribution in [0, 0.1) is 0 Å². The first-order valence-corrected chi connectivity index (χ1v) is 2.58. The Balaban J connectivity index is 2.81. The van der Waals surface area contributed by atoms with Gasteiger partial charge in [0.2, 0.25) is 6.41 Å². The Morgan fingerprint density at radius 1 is 1.88 bits per heavy atom. The molecule has 0 aliphatic carbocycles. The van der Waals surface area contributed by atoms with E-state index < -0.39 is 6.17 Å². The van der Waals surface area contributed by atoms with Crippen molar-refractivity contribution in [2.24, 2.45) is 0 Å². The normalized spacial score (nSPS) is 12.8. The summed E-state index contributed by atoms with van der Waals surface area (Å²) < 4.78 is 11.9. The molecule has 0 bridgehead atoms. The number of carbonyl (C=O) groups excluding carboxylic acids is 1. The summed E-state index contributed by atoms with van der Waals surface area (Å²) in [7, 11) is 0. The topological polar surface area (TPSA) is 29.1 Å². The van der Waals surface area contributed by atoms with E-state index >= 15 is 0 Å². The SMILES string of the molecule is CC(F)CCNC=O. The van der Waals surface area contributed by atoms with Gasteiger partial charge in [0.1, 0.15) is 0 Å². The standard InChI is InChI=1S/C5H10FNO/c1-5(6)2-3-7-4-8/h4-5H,2-3H2,1H3,(H,7,8). The van der Waals surface area contributed by atoms with Gasteiger partial charge in [-0.05, 0) is 13.3 Å². The fourth-order valence-corrected chi connectivity index (χ4v) is 0.341. The van der Waals surface area contributed by atoms with E-state index in [2.05, 4.69) is 5.32 Å². The zero-order valence-corrected chi connectivity index (χ0v) is 4.86. The quantitative estimate of drug-likeness (QED) is 0.423. The Bertz CT molecular complexity index is 65.4. The lowest BCUT2D eigenvalue weighted by Gasteiger charge is -1.97. The second-order valence-electron chi connectivity index (χ2n) is 1.64. The second-order valence-corrected chi connectivity index (χ2v) is 1.64. The van der Waals surface area contributed by atoms with Crippen molar-refractivity contribution in [3.63, 3.8) is 0 Å². The van der Waals surface area contributed by atoms with Crippen LogP contribution in [0.1, 0.15) is 13.3 Å². The predicted octanol–water partition coefficient (Wildman–Crippen LogP) is 0.480. The van der Waals surface area contributed by atoms with Gasteiger partial charge in [0.15, 0.2) is 0 Å². The first-order valence-electron chi connectivity index (χ1n) is 2.58. The number of halogens is 1. The molecule has 0 aromatic heterocycles. The van der Waals surface area contributed by atoms with E-state index in [9.17, 15) is 9.18 Å². The molecule has 0 aliphatic heterocycles. The third-order valence-corrected chi connectivity index (χ3v) is 0.770. The molecule has 1 atom stereocenters. The lowest BCUT2D eigenvalue weighted by atomic mass is 10.3. The third kappa shape index (κ3) is 5.40. The Hall–Kier alpha value is -0.600. The molecule has 0 fully saturated rings. The Morgan fingerprint density at radius 2 is 2.50 bits per heavy atom. The molecule has 0 rings (SSSR count). The van der Waals surface area contributed by atoms with Crippen LogP contribution < -0.4 is 5.32 Å². The van der Waals surface area contributed by atoms with Gasteiger partial charge in [-0.2, -0.15) is 0 Å². The largest absolute Gasteiger partial charge is 0.359 e. The van der Waals surface area contributed by atoms with Crippen LogP contribution in [0.15, 0.2) is 0 Å². The maximum atomic E-state index is 11.9. The molecule has 0 radical (unpaired) electrons. The van der Waals surface area contributed by atoms with Crippen molar-refractivity contribution in [3.8, 4) is 0 Å². The summed E-state index contributed by atoms with van der Waals surface area (Å²) in [5.41, 5.74) is 0. The number of amides is 1. The number of hydrogen-bond donors (Lipinski definition) is 1. The summed E-state index contributed by atoms with van der Waals surface area (Å²) in [5, 5.41) is 2.36. The van der Waals surface area contributed by atoms with Crippen LogP contribution in [0.2, 0.25) is 0 Å². The minimum atomic E-state index is -0.817. The van der Waals surface area contributed by atoms with E-state index in [0.29, 0.717) is 19.4 Å². The predicted molar refractivity (Wildman–Crippen MR) is 29.3 cm³/mol. The fraction of sp³-hybridized carbons (Fsp3) is 0.800. The molecule has 1 N–H and O–H groups in total. The third-order valence-electron chi connectivity index (χ3n) is 0.770. The van der Waals surface area contributed by atoms with Crippen LogP contribution in [-0.4, -0.2) is 19.1 Å². The molecule has 0 spiro atoms. The van der Waals surface area contributed by atoms with Crippen molar-refractivity contribution in [3.05, 3.63) is 0 Å². The van der Waals surface area contributed by atoms with Crippen LogP contribution >= 0.6 is 0 Å². The summed E-state index contributed by atoms with van der Waals surface area (Å²) in [6.45, 7) is 1.90. The summed E-state index contributed by atoms with van der Waals surface area (Å²) in [6.07, 6.45) is 0.156. The molecule has 1 unspecified atom stereocenters. The van der Waals surface area contributed by atoms with Crippen LogP contribution in [0.3, 0.4) is 0 Å². The minimum Gasteiger partial charge on any atom is -0.359 e. The number of alkyl halides is 1. The van der Waals surface area contributed by atoms with Crippen molar-refractivity contribution in [1.82, 2.24) is 5.32 Å². The van der Waals surface area contributed by atoms with E-state index in [4.69, 9.17) is 0 Å². The summed E-state index contributed by atoms with van der Waals surface area (Å²) >= 11 is 0. The first kappa shape index (κ1) is 7.40. The van der Waals surface area contributed by atoms with Gasteiger partial charge in [-0.3, -0.25) is 4.79 Å². The Labute approximate surface area is 48.1 Å². The van der Waals surface area contributed by atoms with Gasteiger partial charge in [0.25, 0.3) is 0 Å². The fourth-order valence-electron chi connectivity index (χ4n) is 0.341. The molecule has 48 valence electrons. The minimum absolute atomic E-state index is 0.402. The zero-order chi connectivity index (χ0) is 6.41. The van der Waals surface area contributed by atoms with Crippen LogP contribution in [-0.2, 0) is 4.79 Å². The van der Waals surface area contributed by atoms with E-state index in [0.717, 1.165) is 0 Å². The van der Waals surface area contributed by atoms with Gasteiger partial charge in [0.05, 0.1) is 6.17 Å². The molecule has 1 amide bonds. The zero-order valence-electron chi connectivity index (χ0n) is 4.86. The van der Waals surface area contributed by atoms with E-state index in [-0.39, 0.29) is 0 Å². The highest BCUT2D eigenvalue weighted by molar-refractivity contribution is 5.45. The van der Waals surface area contributed by atoms with Gasteiger partial charge in [-0.15, -0.1) is 0 Å². The number of nitrogens with one attached hydrogen (secondary N) is 1. The summed E-state index contributed by atoms with van der Waals surface area (Å²) in [4.78, 5) is 9.55. The molecule has 0 saturated carbocycles. The van der Waals surface area contributed by atoms with Crippen molar-refractivity contribution < 1.29 is 9.18 Å². The Kier molecular flexibility index (Phi) is 4.21. The molecule has 3 heteroatoms. The number of carbonyl (C=O) groups is 1. The second kappa shape index (κ2) is 4.56.